The summed E-state index contributed by atoms with van der Waals surface area (Å²) in [5, 5.41) is 13.9. The summed E-state index contributed by atoms with van der Waals surface area (Å²) < 4.78 is 7.27. The number of morpholine rings is 1. The highest BCUT2D eigenvalue weighted by Crippen LogP contribution is 2.29. The van der Waals surface area contributed by atoms with Crippen molar-refractivity contribution in [1.29, 1.82) is 0 Å². The standard InChI is InChI=1S/C14H23N3O3/c1-5-17-11(4)13(9(2)15-17)10(3)16-6-7-20-8-12(16)14(18)19/h10,12H,5-8H2,1-4H3,(H,18,19). The number of ether oxygens (including phenoxy) is 1. The minimum Gasteiger partial charge on any atom is -0.480 e. The molecule has 0 aromatic carbocycles. The van der Waals surface area contributed by atoms with Gasteiger partial charge in [0, 0.05) is 30.4 Å². The van der Waals surface area contributed by atoms with E-state index in [9.17, 15) is 9.90 Å². The minimum atomic E-state index is -0.824. The number of rotatable bonds is 4. The van der Waals surface area contributed by atoms with Gasteiger partial charge in [0.05, 0.1) is 18.9 Å². The Bertz CT molecular complexity index is 498. The van der Waals surface area contributed by atoms with E-state index >= 15 is 0 Å². The average Bonchev–Trinajstić information content (AvgIpc) is 2.72. The van der Waals surface area contributed by atoms with Gasteiger partial charge in [-0.25, -0.2) is 0 Å². The molecular formula is C14H23N3O3. The van der Waals surface area contributed by atoms with Crippen LogP contribution in [-0.2, 0) is 16.1 Å². The first-order valence-electron chi connectivity index (χ1n) is 7.07. The predicted octanol–water partition coefficient (Wildman–Crippen LogP) is 1.37. The molecule has 2 rings (SSSR count). The molecule has 112 valence electrons. The van der Waals surface area contributed by atoms with E-state index in [1.807, 2.05) is 23.4 Å². The van der Waals surface area contributed by atoms with Crippen molar-refractivity contribution in [1.82, 2.24) is 14.7 Å². The van der Waals surface area contributed by atoms with Gasteiger partial charge in [-0.1, -0.05) is 0 Å². The lowest BCUT2D eigenvalue weighted by Crippen LogP contribution is -2.50. The largest absolute Gasteiger partial charge is 0.480 e. The van der Waals surface area contributed by atoms with E-state index in [0.29, 0.717) is 13.2 Å². The van der Waals surface area contributed by atoms with Crippen LogP contribution in [0.5, 0.6) is 0 Å². The highest BCUT2D eigenvalue weighted by Gasteiger charge is 2.34. The molecule has 0 bridgehead atoms. The predicted molar refractivity (Wildman–Crippen MR) is 74.7 cm³/mol. The van der Waals surface area contributed by atoms with Gasteiger partial charge < -0.3 is 9.84 Å². The van der Waals surface area contributed by atoms with Gasteiger partial charge in [0.1, 0.15) is 6.04 Å². The van der Waals surface area contributed by atoms with Crippen molar-refractivity contribution in [3.05, 3.63) is 17.0 Å². The Kier molecular flexibility index (Phi) is 4.45. The first-order chi connectivity index (χ1) is 9.47. The Morgan fingerprint density at radius 2 is 2.25 bits per heavy atom. The van der Waals surface area contributed by atoms with Crippen molar-refractivity contribution in [3.63, 3.8) is 0 Å². The number of carbonyl (C=O) groups is 1. The molecule has 2 atom stereocenters. The average molecular weight is 281 g/mol. The monoisotopic (exact) mass is 281 g/mol. The number of aliphatic carboxylic acids is 1. The van der Waals surface area contributed by atoms with E-state index in [1.54, 1.807) is 0 Å². The molecule has 0 aliphatic carbocycles. The highest BCUT2D eigenvalue weighted by molar-refractivity contribution is 5.73. The van der Waals surface area contributed by atoms with Gasteiger partial charge in [-0.15, -0.1) is 0 Å². The van der Waals surface area contributed by atoms with Crippen molar-refractivity contribution < 1.29 is 14.6 Å². The number of nitrogens with zero attached hydrogens (tertiary/aromatic N) is 3. The highest BCUT2D eigenvalue weighted by atomic mass is 16.5. The molecule has 1 aromatic rings. The second-order valence-electron chi connectivity index (χ2n) is 5.24. The zero-order valence-corrected chi connectivity index (χ0v) is 12.6. The van der Waals surface area contributed by atoms with Gasteiger partial charge in [0.2, 0.25) is 0 Å². The summed E-state index contributed by atoms with van der Waals surface area (Å²) in [5.41, 5.74) is 3.24. The Hall–Kier alpha value is -1.40. The van der Waals surface area contributed by atoms with Crippen LogP contribution in [0, 0.1) is 13.8 Å². The topological polar surface area (TPSA) is 67.6 Å². The molecule has 2 unspecified atom stereocenters. The Morgan fingerprint density at radius 1 is 1.55 bits per heavy atom. The van der Waals surface area contributed by atoms with E-state index in [1.165, 1.54) is 0 Å². The smallest absolute Gasteiger partial charge is 0.323 e. The summed E-state index contributed by atoms with van der Waals surface area (Å²) in [5.74, 6) is -0.824. The first-order valence-corrected chi connectivity index (χ1v) is 7.07. The minimum absolute atomic E-state index is 0.0281. The summed E-state index contributed by atoms with van der Waals surface area (Å²) in [7, 11) is 0. The summed E-state index contributed by atoms with van der Waals surface area (Å²) in [6.07, 6.45) is 0. The zero-order chi connectivity index (χ0) is 14.9. The molecule has 1 N–H and O–H groups in total. The Balaban J connectivity index is 2.32. The fraction of sp³-hybridized carbons (Fsp3) is 0.714. The lowest BCUT2D eigenvalue weighted by Gasteiger charge is -2.37. The molecule has 20 heavy (non-hydrogen) atoms. The quantitative estimate of drug-likeness (QED) is 0.902. The molecule has 2 heterocycles. The third-order valence-electron chi connectivity index (χ3n) is 4.11. The van der Waals surface area contributed by atoms with Crippen molar-refractivity contribution >= 4 is 5.97 Å². The number of aromatic nitrogens is 2. The normalized spacial score (nSPS) is 21.9. The molecule has 6 heteroatoms. The van der Waals surface area contributed by atoms with Gasteiger partial charge in [0.15, 0.2) is 0 Å². The number of aryl methyl sites for hydroxylation is 2. The fourth-order valence-corrected chi connectivity index (χ4v) is 3.08. The van der Waals surface area contributed by atoms with Crippen LogP contribution < -0.4 is 0 Å². The van der Waals surface area contributed by atoms with Gasteiger partial charge in [-0.05, 0) is 27.7 Å². The molecule has 6 nitrogen and oxygen atoms in total. The lowest BCUT2D eigenvalue weighted by molar-refractivity contribution is -0.151. The van der Waals surface area contributed by atoms with Crippen molar-refractivity contribution in [2.45, 2.75) is 46.3 Å². The zero-order valence-electron chi connectivity index (χ0n) is 12.6. The van der Waals surface area contributed by atoms with Gasteiger partial charge in [-0.3, -0.25) is 14.4 Å². The summed E-state index contributed by atoms with van der Waals surface area (Å²) >= 11 is 0. The molecule has 1 aliphatic rings. The van der Waals surface area contributed by atoms with Crippen molar-refractivity contribution in [3.8, 4) is 0 Å². The Labute approximate surface area is 119 Å². The molecule has 0 spiro atoms. The van der Waals surface area contributed by atoms with Crippen LogP contribution in [0.3, 0.4) is 0 Å². The SMILES string of the molecule is CCn1nc(C)c(C(C)N2CCOCC2C(=O)O)c1C. The van der Waals surface area contributed by atoms with Crippen LogP contribution in [0.4, 0.5) is 0 Å². The van der Waals surface area contributed by atoms with E-state index in [4.69, 9.17) is 4.74 Å². The molecule has 1 saturated heterocycles. The van der Waals surface area contributed by atoms with Gasteiger partial charge in [-0.2, -0.15) is 5.10 Å². The third kappa shape index (κ3) is 2.58. The maximum absolute atomic E-state index is 11.4. The fourth-order valence-electron chi connectivity index (χ4n) is 3.08. The van der Waals surface area contributed by atoms with Crippen molar-refractivity contribution in [2.24, 2.45) is 0 Å². The second kappa shape index (κ2) is 5.93. The summed E-state index contributed by atoms with van der Waals surface area (Å²) in [4.78, 5) is 13.4. The number of hydrogen-bond donors (Lipinski definition) is 1. The number of carboxylic acid groups (broad SMARTS) is 1. The molecule has 0 amide bonds. The van der Waals surface area contributed by atoms with E-state index < -0.39 is 12.0 Å². The van der Waals surface area contributed by atoms with Crippen LogP contribution >= 0.6 is 0 Å². The lowest BCUT2D eigenvalue weighted by atomic mass is 10.0. The Morgan fingerprint density at radius 3 is 2.80 bits per heavy atom. The van der Waals surface area contributed by atoms with E-state index in [2.05, 4.69) is 18.9 Å². The van der Waals surface area contributed by atoms with Gasteiger partial charge >= 0.3 is 5.97 Å². The van der Waals surface area contributed by atoms with Crippen molar-refractivity contribution in [2.75, 3.05) is 19.8 Å². The molecule has 0 radical (unpaired) electrons. The molecule has 1 aromatic heterocycles. The molecule has 0 saturated carbocycles. The maximum Gasteiger partial charge on any atom is 0.323 e. The number of hydrogen-bond acceptors (Lipinski definition) is 4. The maximum atomic E-state index is 11.4. The van der Waals surface area contributed by atoms with Crippen LogP contribution in [-0.4, -0.2) is 51.6 Å². The van der Waals surface area contributed by atoms with Gasteiger partial charge in [0.25, 0.3) is 0 Å². The van der Waals surface area contributed by atoms with Crippen LogP contribution in [0.1, 0.15) is 36.8 Å². The molecule has 1 fully saturated rings. The van der Waals surface area contributed by atoms with E-state index in [-0.39, 0.29) is 12.6 Å². The van der Waals surface area contributed by atoms with Crippen LogP contribution in [0.15, 0.2) is 0 Å². The first kappa shape index (κ1) is 15.0. The van der Waals surface area contributed by atoms with Crippen LogP contribution in [0.25, 0.3) is 0 Å². The third-order valence-corrected chi connectivity index (χ3v) is 4.11. The van der Waals surface area contributed by atoms with Crippen LogP contribution in [0.2, 0.25) is 0 Å². The second-order valence-corrected chi connectivity index (χ2v) is 5.24. The molecule has 1 aliphatic heterocycles. The number of carboxylic acids is 1. The summed E-state index contributed by atoms with van der Waals surface area (Å²) in [6, 6.07) is -0.553. The molecular weight excluding hydrogens is 258 g/mol. The summed E-state index contributed by atoms with van der Waals surface area (Å²) in [6.45, 7) is 10.4. The van der Waals surface area contributed by atoms with E-state index in [0.717, 1.165) is 23.5 Å².